The largest absolute Gasteiger partial charge is 0.381 e. The van der Waals surface area contributed by atoms with Gasteiger partial charge in [0.25, 0.3) is 0 Å². The van der Waals surface area contributed by atoms with Gasteiger partial charge in [0.15, 0.2) is 0 Å². The molecule has 1 saturated heterocycles. The third-order valence-electron chi connectivity index (χ3n) is 3.37. The first-order valence-corrected chi connectivity index (χ1v) is 6.57. The van der Waals surface area contributed by atoms with Gasteiger partial charge in [0, 0.05) is 23.7 Å². The zero-order valence-electron chi connectivity index (χ0n) is 9.58. The van der Waals surface area contributed by atoms with Crippen molar-refractivity contribution in [2.75, 3.05) is 13.2 Å². The molecule has 1 aliphatic heterocycles. The van der Waals surface area contributed by atoms with Gasteiger partial charge in [0.2, 0.25) is 0 Å². The van der Waals surface area contributed by atoms with Gasteiger partial charge in [-0.2, -0.15) is 0 Å². The summed E-state index contributed by atoms with van der Waals surface area (Å²) in [6.45, 7) is 3.83. The molecule has 0 bridgehead atoms. The van der Waals surface area contributed by atoms with E-state index in [9.17, 15) is 0 Å². The summed E-state index contributed by atoms with van der Waals surface area (Å²) in [4.78, 5) is 0. The summed E-state index contributed by atoms with van der Waals surface area (Å²) < 4.78 is 6.48. The van der Waals surface area contributed by atoms with Crippen LogP contribution in [0.25, 0.3) is 0 Å². The first-order chi connectivity index (χ1) is 7.68. The van der Waals surface area contributed by atoms with E-state index in [1.165, 1.54) is 11.1 Å². The van der Waals surface area contributed by atoms with Gasteiger partial charge in [0.1, 0.15) is 0 Å². The summed E-state index contributed by atoms with van der Waals surface area (Å²) in [5, 5.41) is 0. The summed E-state index contributed by atoms with van der Waals surface area (Å²) in [5.74, 6) is 0.557. The predicted molar refractivity (Wildman–Crippen MR) is 69.4 cm³/mol. The van der Waals surface area contributed by atoms with Crippen LogP contribution in [0.1, 0.15) is 30.0 Å². The van der Waals surface area contributed by atoms with Gasteiger partial charge in [-0.25, -0.2) is 0 Å². The van der Waals surface area contributed by atoms with E-state index in [1.54, 1.807) is 0 Å². The molecule has 16 heavy (non-hydrogen) atoms. The molecule has 1 aliphatic rings. The highest BCUT2D eigenvalue weighted by Gasteiger charge is 2.23. The van der Waals surface area contributed by atoms with E-state index < -0.39 is 0 Å². The average Bonchev–Trinajstić information content (AvgIpc) is 2.32. The van der Waals surface area contributed by atoms with Gasteiger partial charge in [-0.05, 0) is 48.9 Å². The third kappa shape index (κ3) is 2.65. The van der Waals surface area contributed by atoms with E-state index in [0.717, 1.165) is 30.5 Å². The average molecular weight is 284 g/mol. The zero-order valence-corrected chi connectivity index (χ0v) is 11.2. The van der Waals surface area contributed by atoms with Crippen molar-refractivity contribution in [1.29, 1.82) is 0 Å². The third-order valence-corrected chi connectivity index (χ3v) is 3.87. The fraction of sp³-hybridized carbons (Fsp3) is 0.538. The number of halogens is 1. The normalized spacial score (nSPS) is 19.7. The first-order valence-electron chi connectivity index (χ1n) is 5.78. The van der Waals surface area contributed by atoms with Gasteiger partial charge >= 0.3 is 0 Å². The van der Waals surface area contributed by atoms with Gasteiger partial charge in [-0.15, -0.1) is 0 Å². The minimum Gasteiger partial charge on any atom is -0.381 e. The van der Waals surface area contributed by atoms with Crippen LogP contribution in [-0.2, 0) is 4.74 Å². The molecule has 0 aromatic heterocycles. The highest BCUT2D eigenvalue weighted by molar-refractivity contribution is 9.10. The number of benzene rings is 1. The van der Waals surface area contributed by atoms with Gasteiger partial charge in [-0.3, -0.25) is 0 Å². The molecule has 1 aromatic rings. The lowest BCUT2D eigenvalue weighted by Gasteiger charge is -2.28. The van der Waals surface area contributed by atoms with Crippen LogP contribution in [0.15, 0.2) is 22.7 Å². The number of hydrogen-bond acceptors (Lipinski definition) is 2. The molecular weight excluding hydrogens is 266 g/mol. The highest BCUT2D eigenvalue weighted by atomic mass is 79.9. The Morgan fingerprint density at radius 1 is 1.38 bits per heavy atom. The van der Waals surface area contributed by atoms with Crippen molar-refractivity contribution in [3.05, 3.63) is 33.8 Å². The Morgan fingerprint density at radius 3 is 2.75 bits per heavy atom. The van der Waals surface area contributed by atoms with E-state index in [1.807, 2.05) is 0 Å². The van der Waals surface area contributed by atoms with Crippen molar-refractivity contribution >= 4 is 15.9 Å². The predicted octanol–water partition coefficient (Wildman–Crippen LogP) is 3.18. The van der Waals surface area contributed by atoms with Crippen molar-refractivity contribution < 1.29 is 4.74 Å². The van der Waals surface area contributed by atoms with Crippen LogP contribution in [0, 0.1) is 12.8 Å². The van der Waals surface area contributed by atoms with Crippen molar-refractivity contribution in [2.45, 2.75) is 25.8 Å². The number of ether oxygens (including phenoxy) is 1. The van der Waals surface area contributed by atoms with Crippen LogP contribution in [-0.4, -0.2) is 13.2 Å². The molecule has 2 nitrogen and oxygen atoms in total. The molecule has 1 heterocycles. The molecule has 0 saturated carbocycles. The molecular formula is C13H18BrNO. The van der Waals surface area contributed by atoms with E-state index in [-0.39, 0.29) is 6.04 Å². The Hall–Kier alpha value is -0.380. The summed E-state index contributed by atoms with van der Waals surface area (Å²) in [7, 11) is 0. The van der Waals surface area contributed by atoms with E-state index in [4.69, 9.17) is 10.5 Å². The number of rotatable bonds is 2. The van der Waals surface area contributed by atoms with E-state index in [0.29, 0.717) is 5.92 Å². The summed E-state index contributed by atoms with van der Waals surface area (Å²) in [6.07, 6.45) is 2.15. The van der Waals surface area contributed by atoms with E-state index in [2.05, 4.69) is 41.1 Å². The first kappa shape index (κ1) is 12.1. The van der Waals surface area contributed by atoms with E-state index >= 15 is 0 Å². The number of aryl methyl sites for hydroxylation is 1. The molecule has 88 valence electrons. The molecule has 0 radical (unpaired) electrons. The Morgan fingerprint density at radius 2 is 2.06 bits per heavy atom. The zero-order chi connectivity index (χ0) is 11.5. The Bertz CT molecular complexity index is 361. The lowest BCUT2D eigenvalue weighted by Crippen LogP contribution is -2.28. The summed E-state index contributed by atoms with van der Waals surface area (Å²) in [5.41, 5.74) is 8.91. The van der Waals surface area contributed by atoms with Crippen LogP contribution in [0.2, 0.25) is 0 Å². The van der Waals surface area contributed by atoms with Crippen molar-refractivity contribution in [3.63, 3.8) is 0 Å². The smallest absolute Gasteiger partial charge is 0.0469 e. The lowest BCUT2D eigenvalue weighted by molar-refractivity contribution is 0.0583. The maximum Gasteiger partial charge on any atom is 0.0469 e. The van der Waals surface area contributed by atoms with Crippen molar-refractivity contribution in [1.82, 2.24) is 0 Å². The van der Waals surface area contributed by atoms with Gasteiger partial charge < -0.3 is 10.5 Å². The van der Waals surface area contributed by atoms with Crippen molar-refractivity contribution in [2.24, 2.45) is 11.7 Å². The highest BCUT2D eigenvalue weighted by Crippen LogP contribution is 2.31. The minimum atomic E-state index is 0.140. The maximum atomic E-state index is 6.36. The Labute approximate surface area is 105 Å². The lowest BCUT2D eigenvalue weighted by atomic mass is 9.86. The summed E-state index contributed by atoms with van der Waals surface area (Å²) >= 11 is 3.51. The second kappa shape index (κ2) is 5.30. The fourth-order valence-electron chi connectivity index (χ4n) is 2.30. The molecule has 0 amide bonds. The number of hydrogen-bond donors (Lipinski definition) is 1. The summed E-state index contributed by atoms with van der Waals surface area (Å²) in [6, 6.07) is 6.48. The molecule has 0 spiro atoms. The molecule has 2 N–H and O–H groups in total. The molecule has 0 aliphatic carbocycles. The van der Waals surface area contributed by atoms with Crippen LogP contribution in [0.3, 0.4) is 0 Å². The Balaban J connectivity index is 2.18. The Kier molecular flexibility index (Phi) is 4.00. The number of nitrogens with two attached hydrogens (primary N) is 1. The topological polar surface area (TPSA) is 35.2 Å². The van der Waals surface area contributed by atoms with Crippen LogP contribution < -0.4 is 5.73 Å². The molecule has 1 unspecified atom stereocenters. The van der Waals surface area contributed by atoms with Crippen molar-refractivity contribution in [3.8, 4) is 0 Å². The van der Waals surface area contributed by atoms with Gasteiger partial charge in [-0.1, -0.05) is 22.0 Å². The molecule has 1 aromatic carbocycles. The monoisotopic (exact) mass is 283 g/mol. The standard InChI is InChI=1S/C13H18BrNO/c1-9-2-3-11(14)8-12(9)13(15)10-4-6-16-7-5-10/h2-3,8,10,13H,4-7,15H2,1H3. The quantitative estimate of drug-likeness (QED) is 0.905. The fourth-order valence-corrected chi connectivity index (χ4v) is 2.68. The molecule has 1 fully saturated rings. The van der Waals surface area contributed by atoms with Gasteiger partial charge in [0.05, 0.1) is 0 Å². The maximum absolute atomic E-state index is 6.36. The SMILES string of the molecule is Cc1ccc(Br)cc1C(N)C1CCOCC1. The molecule has 1 atom stereocenters. The second-order valence-corrected chi connectivity index (χ2v) is 5.39. The molecule has 3 heteroatoms. The molecule has 2 rings (SSSR count). The van der Waals surface area contributed by atoms with Crippen LogP contribution in [0.4, 0.5) is 0 Å². The van der Waals surface area contributed by atoms with Crippen LogP contribution >= 0.6 is 15.9 Å². The second-order valence-electron chi connectivity index (χ2n) is 4.48. The minimum absolute atomic E-state index is 0.140. The van der Waals surface area contributed by atoms with Crippen LogP contribution in [0.5, 0.6) is 0 Å².